The lowest BCUT2D eigenvalue weighted by Crippen LogP contribution is -2.49. The van der Waals surface area contributed by atoms with E-state index >= 15 is 0 Å². The molecule has 3 nitrogen and oxygen atoms in total. The fourth-order valence-corrected chi connectivity index (χ4v) is 5.09. The summed E-state index contributed by atoms with van der Waals surface area (Å²) in [6, 6.07) is 0. The number of hydrogen-bond acceptors (Lipinski definition) is 3. The van der Waals surface area contributed by atoms with E-state index < -0.39 is 11.0 Å². The molecular weight excluding hydrogens is 228 g/mol. The van der Waals surface area contributed by atoms with E-state index in [0.29, 0.717) is 18.4 Å². The SMILES string of the molecule is CCOC(=O)[C@@]12CCC[C@]1(O)[C@@H]1CCCC[C@@H]1C2. The Morgan fingerprint density at radius 2 is 2.06 bits per heavy atom. The van der Waals surface area contributed by atoms with E-state index in [9.17, 15) is 9.90 Å². The van der Waals surface area contributed by atoms with Crippen LogP contribution in [0, 0.1) is 17.3 Å². The van der Waals surface area contributed by atoms with E-state index in [1.807, 2.05) is 6.92 Å². The van der Waals surface area contributed by atoms with E-state index in [1.54, 1.807) is 0 Å². The molecule has 3 saturated carbocycles. The maximum Gasteiger partial charge on any atom is 0.315 e. The third kappa shape index (κ3) is 1.43. The molecular formula is C15H24O3. The van der Waals surface area contributed by atoms with Crippen LogP contribution in [0.1, 0.15) is 58.3 Å². The molecule has 0 unspecified atom stereocenters. The molecule has 0 aromatic carbocycles. The van der Waals surface area contributed by atoms with Gasteiger partial charge >= 0.3 is 5.97 Å². The minimum atomic E-state index is -0.760. The third-order valence-corrected chi connectivity index (χ3v) is 5.79. The summed E-state index contributed by atoms with van der Waals surface area (Å²) >= 11 is 0. The van der Waals surface area contributed by atoms with Crippen molar-refractivity contribution < 1.29 is 14.6 Å². The highest BCUT2D eigenvalue weighted by Gasteiger charge is 2.69. The van der Waals surface area contributed by atoms with E-state index in [4.69, 9.17) is 4.74 Å². The van der Waals surface area contributed by atoms with Gasteiger partial charge in [0.1, 0.15) is 0 Å². The first-order valence-electron chi connectivity index (χ1n) is 7.54. The number of carbonyl (C=O) groups is 1. The Morgan fingerprint density at radius 1 is 1.28 bits per heavy atom. The van der Waals surface area contributed by atoms with E-state index in [1.165, 1.54) is 19.3 Å². The van der Waals surface area contributed by atoms with Gasteiger partial charge in [-0.3, -0.25) is 4.79 Å². The summed E-state index contributed by atoms with van der Waals surface area (Å²) < 4.78 is 5.30. The van der Waals surface area contributed by atoms with Crippen molar-refractivity contribution in [1.29, 1.82) is 0 Å². The lowest BCUT2D eigenvalue weighted by molar-refractivity contribution is -0.170. The van der Waals surface area contributed by atoms with Gasteiger partial charge in [-0.25, -0.2) is 0 Å². The van der Waals surface area contributed by atoms with Crippen molar-refractivity contribution in [3.05, 3.63) is 0 Å². The van der Waals surface area contributed by atoms with Gasteiger partial charge in [-0.15, -0.1) is 0 Å². The zero-order valence-corrected chi connectivity index (χ0v) is 11.3. The minimum absolute atomic E-state index is 0.126. The molecule has 0 saturated heterocycles. The van der Waals surface area contributed by atoms with Crippen LogP contribution >= 0.6 is 0 Å². The molecule has 3 fully saturated rings. The van der Waals surface area contributed by atoms with Gasteiger partial charge in [0.05, 0.1) is 17.6 Å². The number of esters is 1. The third-order valence-electron chi connectivity index (χ3n) is 5.79. The molecule has 0 aromatic rings. The van der Waals surface area contributed by atoms with Gasteiger partial charge < -0.3 is 9.84 Å². The molecule has 102 valence electrons. The molecule has 0 radical (unpaired) electrons. The largest absolute Gasteiger partial charge is 0.465 e. The second-order valence-electron chi connectivity index (χ2n) is 6.44. The van der Waals surface area contributed by atoms with Gasteiger partial charge in [-0.1, -0.05) is 19.3 Å². The smallest absolute Gasteiger partial charge is 0.315 e. The normalized spacial score (nSPS) is 46.6. The molecule has 0 spiro atoms. The first-order valence-corrected chi connectivity index (χ1v) is 7.54. The van der Waals surface area contributed by atoms with Crippen LogP contribution in [0.15, 0.2) is 0 Å². The van der Waals surface area contributed by atoms with E-state index in [-0.39, 0.29) is 5.97 Å². The van der Waals surface area contributed by atoms with Crippen LogP contribution in [0.25, 0.3) is 0 Å². The van der Waals surface area contributed by atoms with Crippen LogP contribution in [0.2, 0.25) is 0 Å². The van der Waals surface area contributed by atoms with Crippen molar-refractivity contribution in [2.45, 2.75) is 63.9 Å². The molecule has 0 bridgehead atoms. The second-order valence-corrected chi connectivity index (χ2v) is 6.44. The van der Waals surface area contributed by atoms with Crippen LogP contribution in [0.5, 0.6) is 0 Å². The van der Waals surface area contributed by atoms with Crippen molar-refractivity contribution in [3.63, 3.8) is 0 Å². The molecule has 3 aliphatic rings. The zero-order chi connectivity index (χ0) is 12.8. The van der Waals surface area contributed by atoms with Crippen LogP contribution in [0.3, 0.4) is 0 Å². The minimum Gasteiger partial charge on any atom is -0.465 e. The van der Waals surface area contributed by atoms with Gasteiger partial charge in [0.15, 0.2) is 0 Å². The van der Waals surface area contributed by atoms with Crippen LogP contribution in [-0.2, 0) is 9.53 Å². The standard InChI is InChI=1S/C15H24O3/c1-2-18-13(16)14-8-5-9-15(14,17)12-7-4-3-6-11(12)10-14/h11-12,17H,2-10H2,1H3/t11-,12-,14+,15+/m1/s1. The Morgan fingerprint density at radius 3 is 2.83 bits per heavy atom. The average Bonchev–Trinajstić information content (AvgIpc) is 2.80. The first-order chi connectivity index (χ1) is 8.64. The van der Waals surface area contributed by atoms with Gasteiger partial charge in [-0.2, -0.15) is 0 Å². The zero-order valence-electron chi connectivity index (χ0n) is 11.3. The Labute approximate surface area is 109 Å². The Bertz CT molecular complexity index is 354. The predicted molar refractivity (Wildman–Crippen MR) is 67.9 cm³/mol. The number of ether oxygens (including phenoxy) is 1. The van der Waals surface area contributed by atoms with E-state index in [2.05, 4.69) is 0 Å². The van der Waals surface area contributed by atoms with Crippen LogP contribution < -0.4 is 0 Å². The summed E-state index contributed by atoms with van der Waals surface area (Å²) in [5.41, 5.74) is -1.33. The molecule has 0 aromatic heterocycles. The highest BCUT2D eigenvalue weighted by molar-refractivity contribution is 5.80. The molecule has 0 amide bonds. The molecule has 4 atom stereocenters. The maximum atomic E-state index is 12.4. The molecule has 0 heterocycles. The maximum absolute atomic E-state index is 12.4. The summed E-state index contributed by atoms with van der Waals surface area (Å²) in [5.74, 6) is 0.769. The fraction of sp³-hybridized carbons (Fsp3) is 0.933. The van der Waals surface area contributed by atoms with Crippen molar-refractivity contribution >= 4 is 5.97 Å². The lowest BCUT2D eigenvalue weighted by Gasteiger charge is -2.39. The Balaban J connectivity index is 1.94. The molecule has 3 aliphatic carbocycles. The number of aliphatic hydroxyl groups is 1. The Kier molecular flexibility index (Phi) is 2.92. The summed E-state index contributed by atoms with van der Waals surface area (Å²) in [5, 5.41) is 11.2. The van der Waals surface area contributed by atoms with Crippen LogP contribution in [0.4, 0.5) is 0 Å². The molecule has 18 heavy (non-hydrogen) atoms. The summed E-state index contributed by atoms with van der Waals surface area (Å²) in [7, 11) is 0. The highest BCUT2D eigenvalue weighted by atomic mass is 16.5. The second kappa shape index (κ2) is 4.22. The molecule has 1 N–H and O–H groups in total. The van der Waals surface area contributed by atoms with Gasteiger partial charge in [0, 0.05) is 0 Å². The first kappa shape index (κ1) is 12.5. The summed E-state index contributed by atoms with van der Waals surface area (Å²) in [4.78, 5) is 12.4. The van der Waals surface area contributed by atoms with Gasteiger partial charge in [0.25, 0.3) is 0 Å². The summed E-state index contributed by atoms with van der Waals surface area (Å²) in [6.45, 7) is 2.27. The van der Waals surface area contributed by atoms with Crippen molar-refractivity contribution in [3.8, 4) is 0 Å². The van der Waals surface area contributed by atoms with Crippen molar-refractivity contribution in [1.82, 2.24) is 0 Å². The number of rotatable bonds is 2. The monoisotopic (exact) mass is 252 g/mol. The Hall–Kier alpha value is -0.570. The van der Waals surface area contributed by atoms with Gasteiger partial charge in [-0.05, 0) is 50.9 Å². The molecule has 3 heteroatoms. The topological polar surface area (TPSA) is 46.5 Å². The fourth-order valence-electron chi connectivity index (χ4n) is 5.09. The quantitative estimate of drug-likeness (QED) is 0.769. The predicted octanol–water partition coefficient (Wildman–Crippen LogP) is 2.66. The lowest BCUT2D eigenvalue weighted by atomic mass is 9.71. The molecule has 3 rings (SSSR count). The number of carbonyl (C=O) groups excluding carboxylic acids is 1. The van der Waals surface area contributed by atoms with Crippen LogP contribution in [-0.4, -0.2) is 23.3 Å². The highest BCUT2D eigenvalue weighted by Crippen LogP contribution is 2.65. The van der Waals surface area contributed by atoms with Crippen molar-refractivity contribution in [2.75, 3.05) is 6.61 Å². The number of hydrogen-bond donors (Lipinski definition) is 1. The summed E-state index contributed by atoms with van der Waals surface area (Å²) in [6.07, 6.45) is 8.23. The molecule has 0 aliphatic heterocycles. The number of fused-ring (bicyclic) bond motifs is 3. The average molecular weight is 252 g/mol. The van der Waals surface area contributed by atoms with E-state index in [0.717, 1.165) is 32.1 Å². The van der Waals surface area contributed by atoms with Gasteiger partial charge in [0.2, 0.25) is 0 Å². The van der Waals surface area contributed by atoms with Crippen molar-refractivity contribution in [2.24, 2.45) is 17.3 Å².